The lowest BCUT2D eigenvalue weighted by Gasteiger charge is -2.10. The average molecular weight is 319 g/mol. The number of nitrogens with zero attached hydrogens (tertiary/aromatic N) is 1. The smallest absolute Gasteiger partial charge is 0.263 e. The molecule has 0 aliphatic heterocycles. The highest BCUT2D eigenvalue weighted by Gasteiger charge is 2.20. The molecule has 1 heterocycles. The first-order chi connectivity index (χ1) is 9.29. The maximum atomic E-state index is 13.4. The third kappa shape index (κ3) is 3.05. The summed E-state index contributed by atoms with van der Waals surface area (Å²) in [5, 5.41) is 0.00739. The lowest BCUT2D eigenvalue weighted by molar-refractivity contribution is 0.515. The highest BCUT2D eigenvalue weighted by Crippen LogP contribution is 2.25. The fourth-order valence-corrected chi connectivity index (χ4v) is 3.17. The number of hydrogen-bond donors (Lipinski definition) is 1. The number of nitrogens with one attached hydrogen (secondary N) is 1. The van der Waals surface area contributed by atoms with Gasteiger partial charge in [-0.1, -0.05) is 17.7 Å². The van der Waals surface area contributed by atoms with E-state index in [4.69, 9.17) is 11.6 Å². The summed E-state index contributed by atoms with van der Waals surface area (Å²) in [5.74, 6) is -2.30. The van der Waals surface area contributed by atoms with Crippen molar-refractivity contribution in [2.45, 2.75) is 11.8 Å². The minimum absolute atomic E-state index is 0.00739. The minimum Gasteiger partial charge on any atom is -0.275 e. The van der Waals surface area contributed by atoms with Gasteiger partial charge in [0, 0.05) is 0 Å². The molecule has 1 aromatic carbocycles. The van der Waals surface area contributed by atoms with Crippen molar-refractivity contribution in [3.63, 3.8) is 0 Å². The molecule has 0 fully saturated rings. The number of pyridine rings is 1. The van der Waals surface area contributed by atoms with Crippen LogP contribution in [0.3, 0.4) is 0 Å². The fourth-order valence-electron chi connectivity index (χ4n) is 1.51. The lowest BCUT2D eigenvalue weighted by atomic mass is 10.2. The third-order valence-corrected chi connectivity index (χ3v) is 4.28. The predicted molar refractivity (Wildman–Crippen MR) is 71.2 cm³/mol. The molecule has 0 bridgehead atoms. The van der Waals surface area contributed by atoms with Crippen LogP contribution in [0.15, 0.2) is 35.2 Å². The summed E-state index contributed by atoms with van der Waals surface area (Å²) in [7, 11) is -4.08. The van der Waals surface area contributed by atoms with E-state index in [1.165, 1.54) is 12.1 Å². The molecule has 2 rings (SSSR count). The first-order valence-corrected chi connectivity index (χ1v) is 7.27. The molecule has 1 N–H and O–H groups in total. The number of benzene rings is 1. The van der Waals surface area contributed by atoms with E-state index in [0.717, 1.165) is 17.7 Å². The highest BCUT2D eigenvalue weighted by molar-refractivity contribution is 7.92. The molecule has 0 unspecified atom stereocenters. The lowest BCUT2D eigenvalue weighted by Crippen LogP contribution is -2.15. The maximum absolute atomic E-state index is 13.4. The van der Waals surface area contributed by atoms with Crippen molar-refractivity contribution in [2.75, 3.05) is 4.72 Å². The van der Waals surface area contributed by atoms with E-state index in [0.29, 0.717) is 0 Å². The SMILES string of the molecule is Cc1ccc(S(=O)(=O)Nc2ccc(F)nc2F)c(Cl)c1. The molecule has 1 aromatic heterocycles. The Balaban J connectivity index is 2.41. The summed E-state index contributed by atoms with van der Waals surface area (Å²) in [4.78, 5) is 2.69. The molecule has 0 amide bonds. The van der Waals surface area contributed by atoms with Crippen LogP contribution in [-0.2, 0) is 10.0 Å². The summed E-state index contributed by atoms with van der Waals surface area (Å²) in [6.45, 7) is 1.75. The Morgan fingerprint density at radius 1 is 1.20 bits per heavy atom. The summed E-state index contributed by atoms with van der Waals surface area (Å²) in [6, 6.07) is 6.11. The van der Waals surface area contributed by atoms with E-state index >= 15 is 0 Å². The second kappa shape index (κ2) is 5.34. The zero-order valence-electron chi connectivity index (χ0n) is 10.2. The van der Waals surface area contributed by atoms with Crippen molar-refractivity contribution in [3.8, 4) is 0 Å². The normalized spacial score (nSPS) is 11.4. The second-order valence-electron chi connectivity index (χ2n) is 4.01. The largest absolute Gasteiger partial charge is 0.275 e. The molecule has 0 aliphatic carbocycles. The van der Waals surface area contributed by atoms with Crippen LogP contribution in [0, 0.1) is 18.8 Å². The molecule has 8 heteroatoms. The van der Waals surface area contributed by atoms with E-state index in [1.54, 1.807) is 13.0 Å². The summed E-state index contributed by atoms with van der Waals surface area (Å²) >= 11 is 5.86. The Hall–Kier alpha value is -1.73. The van der Waals surface area contributed by atoms with Crippen molar-refractivity contribution in [3.05, 3.63) is 52.8 Å². The highest BCUT2D eigenvalue weighted by atomic mass is 35.5. The van der Waals surface area contributed by atoms with E-state index in [-0.39, 0.29) is 9.92 Å². The van der Waals surface area contributed by atoms with E-state index < -0.39 is 27.6 Å². The molecular formula is C12H9ClF2N2O2S. The van der Waals surface area contributed by atoms with Crippen LogP contribution in [-0.4, -0.2) is 13.4 Å². The van der Waals surface area contributed by atoms with Gasteiger partial charge in [0.15, 0.2) is 0 Å². The van der Waals surface area contributed by atoms with Gasteiger partial charge < -0.3 is 0 Å². The third-order valence-electron chi connectivity index (χ3n) is 2.44. The van der Waals surface area contributed by atoms with Gasteiger partial charge in [0.2, 0.25) is 11.9 Å². The molecule has 0 radical (unpaired) electrons. The van der Waals surface area contributed by atoms with Crippen LogP contribution < -0.4 is 4.72 Å². The summed E-state index contributed by atoms with van der Waals surface area (Å²) in [5.41, 5.74) is 0.326. The maximum Gasteiger partial charge on any atom is 0.263 e. The quantitative estimate of drug-likeness (QED) is 0.885. The number of aromatic nitrogens is 1. The van der Waals surface area contributed by atoms with Gasteiger partial charge in [0.25, 0.3) is 10.0 Å². The topological polar surface area (TPSA) is 59.1 Å². The number of sulfonamides is 1. The zero-order valence-corrected chi connectivity index (χ0v) is 11.8. The minimum atomic E-state index is -4.08. The molecule has 0 aliphatic rings. The Kier molecular flexibility index (Phi) is 3.92. The van der Waals surface area contributed by atoms with Crippen LogP contribution in [0.2, 0.25) is 5.02 Å². The number of halogens is 3. The molecule has 2 aromatic rings. The van der Waals surface area contributed by atoms with Crippen LogP contribution in [0.25, 0.3) is 0 Å². The zero-order chi connectivity index (χ0) is 14.9. The van der Waals surface area contributed by atoms with Gasteiger partial charge in [-0.05, 0) is 36.8 Å². The Labute approximate surface area is 119 Å². The molecular weight excluding hydrogens is 310 g/mol. The van der Waals surface area contributed by atoms with E-state index in [1.807, 2.05) is 4.72 Å². The standard InChI is InChI=1S/C12H9ClF2N2O2S/c1-7-2-4-10(8(13)6-7)20(18,19)17-9-3-5-11(14)16-12(9)15/h2-6,17H,1H3. The molecule has 0 spiro atoms. The molecule has 0 saturated heterocycles. The van der Waals surface area contributed by atoms with E-state index in [2.05, 4.69) is 4.98 Å². The molecule has 0 atom stereocenters. The Morgan fingerprint density at radius 3 is 2.50 bits per heavy atom. The number of rotatable bonds is 3. The number of aryl methyl sites for hydroxylation is 1. The van der Waals surface area contributed by atoms with Crippen LogP contribution in [0.1, 0.15) is 5.56 Å². The van der Waals surface area contributed by atoms with Crippen molar-refractivity contribution < 1.29 is 17.2 Å². The molecule has 4 nitrogen and oxygen atoms in total. The fraction of sp³-hybridized carbons (Fsp3) is 0.0833. The van der Waals surface area contributed by atoms with Gasteiger partial charge >= 0.3 is 0 Å². The van der Waals surface area contributed by atoms with Crippen molar-refractivity contribution >= 4 is 27.3 Å². The first kappa shape index (κ1) is 14.7. The van der Waals surface area contributed by atoms with Crippen molar-refractivity contribution in [2.24, 2.45) is 0 Å². The van der Waals surface area contributed by atoms with Crippen LogP contribution in [0.5, 0.6) is 0 Å². The van der Waals surface area contributed by atoms with Crippen molar-refractivity contribution in [1.29, 1.82) is 0 Å². The van der Waals surface area contributed by atoms with Gasteiger partial charge in [-0.3, -0.25) is 4.72 Å². The first-order valence-electron chi connectivity index (χ1n) is 5.40. The summed E-state index contributed by atoms with van der Waals surface area (Å²) < 4.78 is 52.2. The van der Waals surface area contributed by atoms with Gasteiger partial charge in [0.1, 0.15) is 10.6 Å². The average Bonchev–Trinajstić information content (AvgIpc) is 2.32. The number of anilines is 1. The van der Waals surface area contributed by atoms with Crippen LogP contribution >= 0.6 is 11.6 Å². The monoisotopic (exact) mass is 318 g/mol. The molecule has 106 valence electrons. The van der Waals surface area contributed by atoms with Gasteiger partial charge in [-0.25, -0.2) is 8.42 Å². The predicted octanol–water partition coefficient (Wildman–Crippen LogP) is 3.12. The molecule has 20 heavy (non-hydrogen) atoms. The molecule has 0 saturated carbocycles. The van der Waals surface area contributed by atoms with E-state index in [9.17, 15) is 17.2 Å². The Morgan fingerprint density at radius 2 is 1.90 bits per heavy atom. The van der Waals surface area contributed by atoms with Crippen LogP contribution in [0.4, 0.5) is 14.5 Å². The second-order valence-corrected chi connectivity index (χ2v) is 6.07. The summed E-state index contributed by atoms with van der Waals surface area (Å²) in [6.07, 6.45) is 0. The van der Waals surface area contributed by atoms with Crippen molar-refractivity contribution in [1.82, 2.24) is 4.98 Å². The van der Waals surface area contributed by atoms with Gasteiger partial charge in [-0.2, -0.15) is 13.8 Å². The van der Waals surface area contributed by atoms with Gasteiger partial charge in [0.05, 0.1) is 5.02 Å². The Bertz CT molecular complexity index is 766. The van der Waals surface area contributed by atoms with Gasteiger partial charge in [-0.15, -0.1) is 0 Å². The number of hydrogen-bond acceptors (Lipinski definition) is 3.